The van der Waals surface area contributed by atoms with Crippen LogP contribution in [0.4, 0.5) is 5.69 Å². The smallest absolute Gasteiger partial charge is 0.311 e. The lowest BCUT2D eigenvalue weighted by atomic mass is 10.1. The van der Waals surface area contributed by atoms with Crippen LogP contribution in [-0.2, 0) is 4.79 Å². The Morgan fingerprint density at radius 2 is 2.00 bits per heavy atom. The van der Waals surface area contributed by atoms with E-state index in [2.05, 4.69) is 5.32 Å². The van der Waals surface area contributed by atoms with Crippen LogP contribution in [0.3, 0.4) is 0 Å². The number of carbonyl (C=O) groups excluding carboxylic acids is 2. The van der Waals surface area contributed by atoms with Crippen LogP contribution in [0.1, 0.15) is 55.8 Å². The average molecular weight is 334 g/mol. The Bertz CT molecular complexity index is 609. The van der Waals surface area contributed by atoms with Crippen LogP contribution >= 0.6 is 0 Å². The molecule has 1 atom stereocenters. The highest BCUT2D eigenvalue weighted by Crippen LogP contribution is 2.28. The summed E-state index contributed by atoms with van der Waals surface area (Å²) in [4.78, 5) is 33.5. The van der Waals surface area contributed by atoms with Gasteiger partial charge in [-0.2, -0.15) is 0 Å². The van der Waals surface area contributed by atoms with E-state index in [9.17, 15) is 19.7 Å². The summed E-state index contributed by atoms with van der Waals surface area (Å²) in [5.41, 5.74) is -0.140. The number of nitrogens with one attached hydrogen (secondary N) is 1. The first kappa shape index (κ1) is 17.9. The van der Waals surface area contributed by atoms with Crippen LogP contribution in [0.15, 0.2) is 18.2 Å². The lowest BCUT2D eigenvalue weighted by Crippen LogP contribution is -2.42. The zero-order valence-corrected chi connectivity index (χ0v) is 13.7. The predicted octanol–water partition coefficient (Wildman–Crippen LogP) is 3.01. The molecule has 1 aromatic rings. The van der Waals surface area contributed by atoms with E-state index in [0.717, 1.165) is 31.7 Å². The fraction of sp³-hybridized carbons (Fsp3) is 0.529. The molecule has 2 rings (SSSR count). The molecule has 0 saturated heterocycles. The van der Waals surface area contributed by atoms with Crippen LogP contribution in [0.25, 0.3) is 0 Å². The molecule has 130 valence electrons. The van der Waals surface area contributed by atoms with E-state index in [0.29, 0.717) is 6.29 Å². The topological polar surface area (TPSA) is 98.5 Å². The van der Waals surface area contributed by atoms with Gasteiger partial charge in [-0.1, -0.05) is 25.7 Å². The number of hydrogen-bond acceptors (Lipinski definition) is 5. The zero-order chi connectivity index (χ0) is 17.5. The monoisotopic (exact) mass is 334 g/mol. The molecule has 1 fully saturated rings. The molecule has 1 aromatic carbocycles. The molecule has 0 bridgehead atoms. The summed E-state index contributed by atoms with van der Waals surface area (Å²) in [6.45, 7) is 1.56. The van der Waals surface area contributed by atoms with Crippen molar-refractivity contribution in [2.45, 2.75) is 57.6 Å². The number of ether oxygens (including phenoxy) is 1. The Morgan fingerprint density at radius 3 is 2.58 bits per heavy atom. The van der Waals surface area contributed by atoms with Gasteiger partial charge >= 0.3 is 5.69 Å². The van der Waals surface area contributed by atoms with Gasteiger partial charge < -0.3 is 10.1 Å². The molecular weight excluding hydrogens is 312 g/mol. The van der Waals surface area contributed by atoms with Gasteiger partial charge in [0.15, 0.2) is 11.9 Å². The highest BCUT2D eigenvalue weighted by Gasteiger charge is 2.23. The van der Waals surface area contributed by atoms with Gasteiger partial charge in [0.25, 0.3) is 5.91 Å². The average Bonchev–Trinajstić information content (AvgIpc) is 2.83. The molecule has 0 radical (unpaired) electrons. The van der Waals surface area contributed by atoms with E-state index < -0.39 is 11.0 Å². The van der Waals surface area contributed by atoms with Crippen molar-refractivity contribution in [3.63, 3.8) is 0 Å². The van der Waals surface area contributed by atoms with E-state index in [1.54, 1.807) is 6.92 Å². The van der Waals surface area contributed by atoms with Crippen LogP contribution in [0, 0.1) is 10.1 Å². The van der Waals surface area contributed by atoms with E-state index in [1.165, 1.54) is 25.0 Å². The van der Waals surface area contributed by atoms with Crippen LogP contribution in [0.2, 0.25) is 0 Å². The van der Waals surface area contributed by atoms with Gasteiger partial charge in [-0.15, -0.1) is 0 Å². The lowest BCUT2D eigenvalue weighted by Gasteiger charge is -2.20. The van der Waals surface area contributed by atoms with Crippen molar-refractivity contribution in [1.29, 1.82) is 0 Å². The molecule has 1 saturated carbocycles. The van der Waals surface area contributed by atoms with E-state index in [4.69, 9.17) is 4.74 Å². The van der Waals surface area contributed by atoms with Crippen molar-refractivity contribution in [2.24, 2.45) is 0 Å². The standard InChI is InChI=1S/C17H22N2O5/c1-12(17(21)18-14-6-4-2-3-5-7-14)24-16-9-8-13(11-20)10-15(16)19(22)23/h8-12,14H,2-7H2,1H3,(H,18,21)/t12-/m0/s1. The van der Waals surface area contributed by atoms with Gasteiger partial charge in [-0.05, 0) is 31.9 Å². The summed E-state index contributed by atoms with van der Waals surface area (Å²) in [6, 6.07) is 4.04. The van der Waals surface area contributed by atoms with Gasteiger partial charge in [-0.3, -0.25) is 19.7 Å². The van der Waals surface area contributed by atoms with Gasteiger partial charge in [-0.25, -0.2) is 0 Å². The number of benzene rings is 1. The van der Waals surface area contributed by atoms with E-state index >= 15 is 0 Å². The van der Waals surface area contributed by atoms with E-state index in [1.807, 2.05) is 0 Å². The normalized spacial score (nSPS) is 16.7. The van der Waals surface area contributed by atoms with Crippen molar-refractivity contribution >= 4 is 17.9 Å². The minimum Gasteiger partial charge on any atom is -0.474 e. The number of hydrogen-bond donors (Lipinski definition) is 1. The summed E-state index contributed by atoms with van der Waals surface area (Å²) in [5, 5.41) is 14.1. The second kappa shape index (κ2) is 8.42. The third-order valence-corrected chi connectivity index (χ3v) is 4.19. The van der Waals surface area contributed by atoms with Gasteiger partial charge in [0.05, 0.1) is 4.92 Å². The molecule has 1 amide bonds. The molecule has 0 heterocycles. The van der Waals surface area contributed by atoms with Crippen molar-refractivity contribution in [3.8, 4) is 5.75 Å². The summed E-state index contributed by atoms with van der Waals surface area (Å²) in [6.07, 6.45) is 6.14. The first-order chi connectivity index (χ1) is 11.5. The largest absolute Gasteiger partial charge is 0.474 e. The highest BCUT2D eigenvalue weighted by atomic mass is 16.6. The Hall–Kier alpha value is -2.44. The second-order valence-electron chi connectivity index (χ2n) is 6.06. The number of nitro benzene ring substituents is 1. The van der Waals surface area contributed by atoms with Crippen LogP contribution in [-0.4, -0.2) is 29.3 Å². The van der Waals surface area contributed by atoms with Crippen molar-refractivity contribution in [1.82, 2.24) is 5.32 Å². The summed E-state index contributed by atoms with van der Waals surface area (Å²) in [7, 11) is 0. The molecule has 1 N–H and O–H groups in total. The quantitative estimate of drug-likeness (QED) is 0.373. The molecule has 1 aliphatic carbocycles. The zero-order valence-electron chi connectivity index (χ0n) is 13.7. The maximum atomic E-state index is 12.3. The maximum absolute atomic E-state index is 12.3. The SMILES string of the molecule is C[C@H](Oc1ccc(C=O)cc1[N+](=O)[O-])C(=O)NC1CCCCCC1. The van der Waals surface area contributed by atoms with Crippen molar-refractivity contribution in [2.75, 3.05) is 0 Å². The lowest BCUT2D eigenvalue weighted by molar-refractivity contribution is -0.386. The number of carbonyl (C=O) groups is 2. The number of nitro groups is 1. The molecule has 0 aromatic heterocycles. The molecule has 0 unspecified atom stereocenters. The highest BCUT2D eigenvalue weighted by molar-refractivity contribution is 5.81. The van der Waals surface area contributed by atoms with Gasteiger partial charge in [0.2, 0.25) is 0 Å². The Balaban J connectivity index is 2.02. The van der Waals surface area contributed by atoms with Crippen LogP contribution < -0.4 is 10.1 Å². The van der Waals surface area contributed by atoms with E-state index in [-0.39, 0.29) is 28.9 Å². The summed E-state index contributed by atoms with van der Waals surface area (Å²) < 4.78 is 5.47. The fourth-order valence-electron chi connectivity index (χ4n) is 2.84. The maximum Gasteiger partial charge on any atom is 0.311 e. The first-order valence-corrected chi connectivity index (χ1v) is 8.22. The van der Waals surface area contributed by atoms with Gasteiger partial charge in [0.1, 0.15) is 6.29 Å². The number of amides is 1. The van der Waals surface area contributed by atoms with Crippen LogP contribution in [0.5, 0.6) is 5.75 Å². The third-order valence-electron chi connectivity index (χ3n) is 4.19. The number of aldehydes is 1. The Labute approximate surface area is 140 Å². The molecule has 7 nitrogen and oxygen atoms in total. The predicted molar refractivity (Wildman–Crippen MR) is 88.2 cm³/mol. The molecule has 7 heteroatoms. The fourth-order valence-corrected chi connectivity index (χ4v) is 2.84. The summed E-state index contributed by atoms with van der Waals surface area (Å²) in [5.74, 6) is -0.301. The summed E-state index contributed by atoms with van der Waals surface area (Å²) >= 11 is 0. The molecule has 0 spiro atoms. The molecule has 1 aliphatic rings. The Morgan fingerprint density at radius 1 is 1.33 bits per heavy atom. The second-order valence-corrected chi connectivity index (χ2v) is 6.06. The number of nitrogens with zero attached hydrogens (tertiary/aromatic N) is 1. The van der Waals surface area contributed by atoms with Gasteiger partial charge in [0, 0.05) is 17.7 Å². The minimum atomic E-state index is -0.853. The molecule has 24 heavy (non-hydrogen) atoms. The number of rotatable bonds is 6. The molecule has 0 aliphatic heterocycles. The first-order valence-electron chi connectivity index (χ1n) is 8.22. The molecular formula is C17H22N2O5. The third kappa shape index (κ3) is 4.78. The van der Waals surface area contributed by atoms with Crippen molar-refractivity contribution < 1.29 is 19.2 Å². The minimum absolute atomic E-state index is 0.0193. The van der Waals surface area contributed by atoms with Crippen molar-refractivity contribution in [3.05, 3.63) is 33.9 Å². The Kier molecular flexibility index (Phi) is 6.28.